The predicted octanol–water partition coefficient (Wildman–Crippen LogP) is 2.63. The molecule has 0 saturated heterocycles. The molecule has 0 spiro atoms. The van der Waals surface area contributed by atoms with Crippen LogP contribution < -0.4 is 4.74 Å². The Balaban J connectivity index is 2.05. The number of aliphatic hydroxyl groups is 1. The van der Waals surface area contributed by atoms with Crippen molar-refractivity contribution in [2.75, 3.05) is 13.2 Å². The fraction of sp³-hybridized carbons (Fsp3) is 0.200. The number of ether oxygens (including phenoxy) is 1. The summed E-state index contributed by atoms with van der Waals surface area (Å²) in [6, 6.07) is 14.6. The largest absolute Gasteiger partial charge is 0.491 e. The zero-order valence-corrected chi connectivity index (χ0v) is 9.52. The first-order valence-corrected chi connectivity index (χ1v) is 5.84. The van der Waals surface area contributed by atoms with E-state index >= 15 is 0 Å². The normalized spacial score (nSPS) is 12.1. The van der Waals surface area contributed by atoms with Gasteiger partial charge in [0.1, 0.15) is 12.4 Å². The van der Waals surface area contributed by atoms with E-state index in [1.165, 1.54) is 22.3 Å². The minimum atomic E-state index is 0.0522. The maximum Gasteiger partial charge on any atom is 0.123 e. The van der Waals surface area contributed by atoms with Crippen molar-refractivity contribution in [1.29, 1.82) is 0 Å². The van der Waals surface area contributed by atoms with Crippen molar-refractivity contribution >= 4 is 0 Å². The lowest BCUT2D eigenvalue weighted by Gasteiger charge is -2.09. The molecular weight excluding hydrogens is 212 g/mol. The second-order valence-corrected chi connectivity index (χ2v) is 4.19. The van der Waals surface area contributed by atoms with Crippen molar-refractivity contribution < 1.29 is 9.84 Å². The topological polar surface area (TPSA) is 29.5 Å². The molecule has 0 radical (unpaired) electrons. The SMILES string of the molecule is OCCOc1cccc2c1Cc1ccccc1-2. The fourth-order valence-corrected chi connectivity index (χ4v) is 2.42. The third-order valence-electron chi connectivity index (χ3n) is 3.16. The van der Waals surface area contributed by atoms with Crippen LogP contribution in [0.15, 0.2) is 42.5 Å². The van der Waals surface area contributed by atoms with Gasteiger partial charge in [0.2, 0.25) is 0 Å². The van der Waals surface area contributed by atoms with E-state index in [-0.39, 0.29) is 6.61 Å². The van der Waals surface area contributed by atoms with E-state index < -0.39 is 0 Å². The first-order valence-electron chi connectivity index (χ1n) is 5.84. The molecule has 0 amide bonds. The van der Waals surface area contributed by atoms with Crippen LogP contribution in [0.3, 0.4) is 0 Å². The van der Waals surface area contributed by atoms with E-state index in [1.54, 1.807) is 0 Å². The number of hydrogen-bond acceptors (Lipinski definition) is 2. The standard InChI is InChI=1S/C15H14O2/c16-8-9-17-15-7-3-6-13-12-5-2-1-4-11(12)10-14(13)15/h1-7,16H,8-10H2. The van der Waals surface area contributed by atoms with Crippen LogP contribution in [-0.2, 0) is 6.42 Å². The van der Waals surface area contributed by atoms with Crippen molar-refractivity contribution in [3.63, 3.8) is 0 Å². The summed E-state index contributed by atoms with van der Waals surface area (Å²) in [5.74, 6) is 0.896. The van der Waals surface area contributed by atoms with Gasteiger partial charge in [-0.1, -0.05) is 36.4 Å². The molecule has 2 aromatic rings. The van der Waals surface area contributed by atoms with E-state index in [0.29, 0.717) is 6.61 Å². The third-order valence-corrected chi connectivity index (χ3v) is 3.16. The Morgan fingerprint density at radius 1 is 1.00 bits per heavy atom. The van der Waals surface area contributed by atoms with Gasteiger partial charge in [-0.2, -0.15) is 0 Å². The van der Waals surface area contributed by atoms with Crippen LogP contribution in [0, 0.1) is 0 Å². The lowest BCUT2D eigenvalue weighted by atomic mass is 10.1. The minimum absolute atomic E-state index is 0.0522. The highest BCUT2D eigenvalue weighted by molar-refractivity contribution is 5.78. The molecule has 0 bridgehead atoms. The van der Waals surface area contributed by atoms with Crippen molar-refractivity contribution in [1.82, 2.24) is 0 Å². The fourth-order valence-electron chi connectivity index (χ4n) is 2.42. The first kappa shape index (κ1) is 10.4. The summed E-state index contributed by atoms with van der Waals surface area (Å²) in [5.41, 5.74) is 5.15. The molecule has 1 N–H and O–H groups in total. The molecule has 2 aromatic carbocycles. The zero-order valence-electron chi connectivity index (χ0n) is 9.52. The lowest BCUT2D eigenvalue weighted by molar-refractivity contribution is 0.200. The molecule has 1 aliphatic rings. The van der Waals surface area contributed by atoms with Gasteiger partial charge in [-0.15, -0.1) is 0 Å². The van der Waals surface area contributed by atoms with Crippen LogP contribution in [0.4, 0.5) is 0 Å². The second-order valence-electron chi connectivity index (χ2n) is 4.19. The van der Waals surface area contributed by atoms with E-state index in [2.05, 4.69) is 30.3 Å². The van der Waals surface area contributed by atoms with Crippen molar-refractivity contribution in [3.05, 3.63) is 53.6 Å². The number of fused-ring (bicyclic) bond motifs is 3. The molecule has 0 unspecified atom stereocenters. The van der Waals surface area contributed by atoms with Gasteiger partial charge in [0.15, 0.2) is 0 Å². The Hall–Kier alpha value is -1.80. The summed E-state index contributed by atoms with van der Waals surface area (Å²) in [6.07, 6.45) is 0.924. The van der Waals surface area contributed by atoms with Crippen LogP contribution in [0.25, 0.3) is 11.1 Å². The lowest BCUT2D eigenvalue weighted by Crippen LogP contribution is -2.03. The summed E-state index contributed by atoms with van der Waals surface area (Å²) in [7, 11) is 0. The molecule has 1 aliphatic carbocycles. The van der Waals surface area contributed by atoms with Gasteiger partial charge in [-0.25, -0.2) is 0 Å². The maximum absolute atomic E-state index is 8.82. The van der Waals surface area contributed by atoms with Gasteiger partial charge in [0.25, 0.3) is 0 Å². The van der Waals surface area contributed by atoms with Gasteiger partial charge >= 0.3 is 0 Å². The smallest absolute Gasteiger partial charge is 0.123 e. The Morgan fingerprint density at radius 3 is 2.71 bits per heavy atom. The van der Waals surface area contributed by atoms with Crippen LogP contribution >= 0.6 is 0 Å². The van der Waals surface area contributed by atoms with Crippen LogP contribution in [0.2, 0.25) is 0 Å². The molecule has 0 fully saturated rings. The number of rotatable bonds is 3. The molecule has 17 heavy (non-hydrogen) atoms. The molecule has 0 aliphatic heterocycles. The maximum atomic E-state index is 8.82. The zero-order chi connectivity index (χ0) is 11.7. The number of hydrogen-bond donors (Lipinski definition) is 1. The summed E-state index contributed by atoms with van der Waals surface area (Å²) < 4.78 is 5.58. The first-order chi connectivity index (χ1) is 8.40. The molecule has 0 aromatic heterocycles. The Kier molecular flexibility index (Phi) is 2.57. The molecule has 2 heteroatoms. The quantitative estimate of drug-likeness (QED) is 0.744. The predicted molar refractivity (Wildman–Crippen MR) is 67.3 cm³/mol. The summed E-state index contributed by atoms with van der Waals surface area (Å²) in [6.45, 7) is 0.406. The van der Waals surface area contributed by atoms with Crippen LogP contribution in [0.5, 0.6) is 5.75 Å². The average molecular weight is 226 g/mol. The molecular formula is C15H14O2. The summed E-state index contributed by atoms with van der Waals surface area (Å²) in [5, 5.41) is 8.82. The number of aliphatic hydroxyl groups excluding tert-OH is 1. The van der Waals surface area contributed by atoms with Gasteiger partial charge in [-0.3, -0.25) is 0 Å². The van der Waals surface area contributed by atoms with Gasteiger partial charge in [0.05, 0.1) is 6.61 Å². The monoisotopic (exact) mass is 226 g/mol. The Bertz CT molecular complexity index is 546. The molecule has 0 atom stereocenters. The highest BCUT2D eigenvalue weighted by Gasteiger charge is 2.20. The average Bonchev–Trinajstić information content (AvgIpc) is 2.75. The second kappa shape index (κ2) is 4.22. The van der Waals surface area contributed by atoms with E-state index in [0.717, 1.165) is 12.2 Å². The minimum Gasteiger partial charge on any atom is -0.491 e. The molecule has 0 heterocycles. The van der Waals surface area contributed by atoms with E-state index in [4.69, 9.17) is 9.84 Å². The van der Waals surface area contributed by atoms with Crippen LogP contribution in [0.1, 0.15) is 11.1 Å². The van der Waals surface area contributed by atoms with E-state index in [1.807, 2.05) is 12.1 Å². The van der Waals surface area contributed by atoms with Crippen molar-refractivity contribution in [2.24, 2.45) is 0 Å². The molecule has 0 saturated carbocycles. The highest BCUT2D eigenvalue weighted by atomic mass is 16.5. The Morgan fingerprint density at radius 2 is 1.82 bits per heavy atom. The number of benzene rings is 2. The molecule has 3 rings (SSSR count). The van der Waals surface area contributed by atoms with Crippen molar-refractivity contribution in [3.8, 4) is 16.9 Å². The summed E-state index contributed by atoms with van der Waals surface area (Å²) in [4.78, 5) is 0. The van der Waals surface area contributed by atoms with Crippen molar-refractivity contribution in [2.45, 2.75) is 6.42 Å². The highest BCUT2D eigenvalue weighted by Crippen LogP contribution is 2.40. The van der Waals surface area contributed by atoms with Gasteiger partial charge in [0, 0.05) is 12.0 Å². The van der Waals surface area contributed by atoms with Gasteiger partial charge in [-0.05, 0) is 22.8 Å². The molecule has 86 valence electrons. The van der Waals surface area contributed by atoms with Gasteiger partial charge < -0.3 is 9.84 Å². The summed E-state index contributed by atoms with van der Waals surface area (Å²) >= 11 is 0. The Labute approximate surface area is 100 Å². The molecule has 2 nitrogen and oxygen atoms in total. The van der Waals surface area contributed by atoms with Crippen LogP contribution in [-0.4, -0.2) is 18.3 Å². The van der Waals surface area contributed by atoms with E-state index in [9.17, 15) is 0 Å². The third kappa shape index (κ3) is 1.71.